The van der Waals surface area contributed by atoms with Crippen molar-refractivity contribution >= 4 is 34.1 Å². The van der Waals surface area contributed by atoms with Gasteiger partial charge in [-0.1, -0.05) is 18.3 Å². The van der Waals surface area contributed by atoms with E-state index in [1.165, 1.54) is 11.3 Å². The van der Waals surface area contributed by atoms with E-state index in [9.17, 15) is 4.79 Å². The van der Waals surface area contributed by atoms with Gasteiger partial charge in [-0.2, -0.15) is 11.8 Å². The molecule has 1 N–H and O–H groups in total. The van der Waals surface area contributed by atoms with E-state index in [0.717, 1.165) is 16.3 Å². The molecule has 0 fully saturated rings. The maximum absolute atomic E-state index is 11.9. The second-order valence-electron chi connectivity index (χ2n) is 4.00. The van der Waals surface area contributed by atoms with Gasteiger partial charge in [-0.15, -0.1) is 10.2 Å². The summed E-state index contributed by atoms with van der Waals surface area (Å²) in [6.45, 7) is 1.90. The summed E-state index contributed by atoms with van der Waals surface area (Å²) in [5, 5.41) is 12.1. The maximum Gasteiger partial charge on any atom is 0.229 e. The van der Waals surface area contributed by atoms with Crippen molar-refractivity contribution in [1.82, 2.24) is 15.2 Å². The molecule has 0 aromatic carbocycles. The lowest BCUT2D eigenvalue weighted by atomic mass is 10.2. The monoisotopic (exact) mass is 294 g/mol. The van der Waals surface area contributed by atoms with Gasteiger partial charge in [0.25, 0.3) is 0 Å². The molecule has 0 radical (unpaired) electrons. The lowest BCUT2D eigenvalue weighted by Gasteiger charge is -2.07. The molecule has 0 aliphatic heterocycles. The van der Waals surface area contributed by atoms with E-state index >= 15 is 0 Å². The van der Waals surface area contributed by atoms with Gasteiger partial charge in [-0.25, -0.2) is 0 Å². The summed E-state index contributed by atoms with van der Waals surface area (Å²) in [6.07, 6.45) is 5.41. The number of carbonyl (C=O) groups is 1. The van der Waals surface area contributed by atoms with Gasteiger partial charge in [0, 0.05) is 29.6 Å². The van der Waals surface area contributed by atoms with Gasteiger partial charge in [0.05, 0.1) is 0 Å². The van der Waals surface area contributed by atoms with Crippen LogP contribution >= 0.6 is 23.1 Å². The molecule has 7 heteroatoms. The number of hydrogen-bond donors (Lipinski definition) is 1. The lowest BCUT2D eigenvalue weighted by molar-refractivity contribution is -0.118. The van der Waals surface area contributed by atoms with Crippen LogP contribution in [0.25, 0.3) is 10.6 Å². The molecular weight excluding hydrogens is 280 g/mol. The molecule has 0 bridgehead atoms. The molecule has 2 rings (SSSR count). The molecule has 19 heavy (non-hydrogen) atoms. The molecule has 100 valence electrons. The summed E-state index contributed by atoms with van der Waals surface area (Å²) in [4.78, 5) is 15.9. The molecule has 1 atom stereocenters. The summed E-state index contributed by atoms with van der Waals surface area (Å²) < 4.78 is 0. The lowest BCUT2D eigenvalue weighted by Crippen LogP contribution is -2.21. The topological polar surface area (TPSA) is 67.8 Å². The third kappa shape index (κ3) is 3.74. The number of thioether (sulfide) groups is 1. The standard InChI is InChI=1S/C12H14N4OS2/c1-8(7-18-2)10(17)14-12-16-15-11(19-12)9-4-3-5-13-6-9/h3-6,8H,7H2,1-2H3,(H,14,16,17). The Kier molecular flexibility index (Phi) is 4.86. The molecule has 0 aliphatic carbocycles. The van der Waals surface area contributed by atoms with Gasteiger partial charge < -0.3 is 5.32 Å². The van der Waals surface area contributed by atoms with Crippen LogP contribution in [0.15, 0.2) is 24.5 Å². The van der Waals surface area contributed by atoms with E-state index in [2.05, 4.69) is 20.5 Å². The van der Waals surface area contributed by atoms with Crippen molar-refractivity contribution in [2.45, 2.75) is 6.92 Å². The van der Waals surface area contributed by atoms with Crippen LogP contribution in [0, 0.1) is 5.92 Å². The Labute approximate surface area is 119 Å². The predicted molar refractivity (Wildman–Crippen MR) is 79.3 cm³/mol. The van der Waals surface area contributed by atoms with E-state index in [1.807, 2.05) is 25.3 Å². The molecule has 5 nitrogen and oxygen atoms in total. The number of nitrogens with one attached hydrogen (secondary N) is 1. The van der Waals surface area contributed by atoms with Crippen molar-refractivity contribution in [2.75, 3.05) is 17.3 Å². The number of carbonyl (C=O) groups excluding carboxylic acids is 1. The van der Waals surface area contributed by atoms with Crippen molar-refractivity contribution in [3.8, 4) is 10.6 Å². The van der Waals surface area contributed by atoms with Crippen molar-refractivity contribution < 1.29 is 4.79 Å². The molecule has 1 unspecified atom stereocenters. The van der Waals surface area contributed by atoms with Gasteiger partial charge in [-0.3, -0.25) is 9.78 Å². The number of nitrogens with zero attached hydrogens (tertiary/aromatic N) is 3. The first kappa shape index (κ1) is 14.0. The molecule has 2 heterocycles. The minimum Gasteiger partial charge on any atom is -0.300 e. The fourth-order valence-corrected chi connectivity index (χ4v) is 2.82. The first-order valence-electron chi connectivity index (χ1n) is 5.74. The Bertz CT molecular complexity index is 544. The Morgan fingerprint density at radius 2 is 2.37 bits per heavy atom. The number of pyridine rings is 1. The quantitative estimate of drug-likeness (QED) is 0.918. The largest absolute Gasteiger partial charge is 0.300 e. The molecular formula is C12H14N4OS2. The average Bonchev–Trinajstić information content (AvgIpc) is 2.88. The maximum atomic E-state index is 11.9. The highest BCUT2D eigenvalue weighted by atomic mass is 32.2. The zero-order valence-electron chi connectivity index (χ0n) is 10.7. The molecule has 0 aliphatic rings. The Morgan fingerprint density at radius 1 is 1.53 bits per heavy atom. The minimum absolute atomic E-state index is 0.0248. The molecule has 0 spiro atoms. The number of amides is 1. The first-order valence-corrected chi connectivity index (χ1v) is 7.95. The van der Waals surface area contributed by atoms with E-state index in [1.54, 1.807) is 24.2 Å². The number of rotatable bonds is 5. The van der Waals surface area contributed by atoms with Crippen molar-refractivity contribution in [3.05, 3.63) is 24.5 Å². The van der Waals surface area contributed by atoms with Gasteiger partial charge in [0.1, 0.15) is 0 Å². The van der Waals surface area contributed by atoms with Gasteiger partial charge in [0.15, 0.2) is 5.01 Å². The van der Waals surface area contributed by atoms with E-state index in [-0.39, 0.29) is 11.8 Å². The highest BCUT2D eigenvalue weighted by molar-refractivity contribution is 7.98. The zero-order chi connectivity index (χ0) is 13.7. The fraction of sp³-hybridized carbons (Fsp3) is 0.333. The summed E-state index contributed by atoms with van der Waals surface area (Å²) in [6, 6.07) is 3.75. The van der Waals surface area contributed by atoms with Crippen LogP contribution in [0.2, 0.25) is 0 Å². The average molecular weight is 294 g/mol. The third-order valence-corrected chi connectivity index (χ3v) is 4.15. The van der Waals surface area contributed by atoms with Gasteiger partial charge >= 0.3 is 0 Å². The summed E-state index contributed by atoms with van der Waals surface area (Å²) in [5.41, 5.74) is 0.901. The Hall–Kier alpha value is -1.47. The molecule has 1 amide bonds. The van der Waals surface area contributed by atoms with Crippen LogP contribution in [0.5, 0.6) is 0 Å². The summed E-state index contributed by atoms with van der Waals surface area (Å²) in [7, 11) is 0. The van der Waals surface area contributed by atoms with Crippen LogP contribution in [0.3, 0.4) is 0 Å². The van der Waals surface area contributed by atoms with Crippen LogP contribution < -0.4 is 5.32 Å². The van der Waals surface area contributed by atoms with Crippen LogP contribution in [0.4, 0.5) is 5.13 Å². The minimum atomic E-state index is -0.0410. The summed E-state index contributed by atoms with van der Waals surface area (Å²) >= 11 is 3.00. The van der Waals surface area contributed by atoms with E-state index < -0.39 is 0 Å². The second kappa shape index (κ2) is 6.63. The predicted octanol–water partition coefficient (Wildman–Crippen LogP) is 2.54. The molecule has 0 saturated heterocycles. The highest BCUT2D eigenvalue weighted by Crippen LogP contribution is 2.25. The van der Waals surface area contributed by atoms with Gasteiger partial charge in [-0.05, 0) is 18.4 Å². The second-order valence-corrected chi connectivity index (χ2v) is 5.89. The smallest absolute Gasteiger partial charge is 0.229 e. The molecule has 2 aromatic rings. The van der Waals surface area contributed by atoms with Crippen LogP contribution in [0.1, 0.15) is 6.92 Å². The van der Waals surface area contributed by atoms with Crippen molar-refractivity contribution in [1.29, 1.82) is 0 Å². The third-order valence-electron chi connectivity index (χ3n) is 2.43. The van der Waals surface area contributed by atoms with Gasteiger partial charge in [0.2, 0.25) is 11.0 Å². The zero-order valence-corrected chi connectivity index (χ0v) is 12.3. The van der Waals surface area contributed by atoms with Crippen molar-refractivity contribution in [3.63, 3.8) is 0 Å². The van der Waals surface area contributed by atoms with E-state index in [0.29, 0.717) is 5.13 Å². The number of anilines is 1. The van der Waals surface area contributed by atoms with Crippen molar-refractivity contribution in [2.24, 2.45) is 5.92 Å². The Balaban J connectivity index is 2.04. The normalized spacial score (nSPS) is 12.1. The van der Waals surface area contributed by atoms with Crippen LogP contribution in [-0.4, -0.2) is 33.1 Å². The molecule has 0 saturated carbocycles. The Morgan fingerprint density at radius 3 is 3.05 bits per heavy atom. The SMILES string of the molecule is CSCC(C)C(=O)Nc1nnc(-c2cccnc2)s1. The highest BCUT2D eigenvalue weighted by Gasteiger charge is 2.15. The molecule has 2 aromatic heterocycles. The number of hydrogen-bond acceptors (Lipinski definition) is 6. The van der Waals surface area contributed by atoms with E-state index in [4.69, 9.17) is 0 Å². The fourth-order valence-electron chi connectivity index (χ4n) is 1.43. The summed E-state index contributed by atoms with van der Waals surface area (Å²) in [5.74, 6) is 0.726. The number of aromatic nitrogens is 3. The first-order chi connectivity index (χ1) is 9.20. The van der Waals surface area contributed by atoms with Crippen LogP contribution in [-0.2, 0) is 4.79 Å².